The third kappa shape index (κ3) is 3.54. The third-order valence-electron chi connectivity index (χ3n) is 3.11. The lowest BCUT2D eigenvalue weighted by atomic mass is 10.0. The van der Waals surface area contributed by atoms with Gasteiger partial charge in [-0.1, -0.05) is 37.2 Å². The quantitative estimate of drug-likeness (QED) is 0.650. The molecular formula is C15H17ClN4S. The SMILES string of the molecule is CCc1nnc(Sc2ccc(Cl)cc2)c(C(=N)N)c1CC. The van der Waals surface area contributed by atoms with Gasteiger partial charge in [-0.15, -0.1) is 5.10 Å². The Kier molecular flexibility index (Phi) is 5.20. The van der Waals surface area contributed by atoms with Gasteiger partial charge in [0.05, 0.1) is 11.3 Å². The number of amidine groups is 1. The van der Waals surface area contributed by atoms with Gasteiger partial charge in [-0.2, -0.15) is 5.10 Å². The predicted octanol–water partition coefficient (Wildman–Crippen LogP) is 3.69. The van der Waals surface area contributed by atoms with E-state index >= 15 is 0 Å². The molecule has 0 fully saturated rings. The number of nitrogens with zero attached hydrogens (tertiary/aromatic N) is 2. The minimum atomic E-state index is 0.0351. The van der Waals surface area contributed by atoms with E-state index in [2.05, 4.69) is 10.2 Å². The maximum atomic E-state index is 7.87. The van der Waals surface area contributed by atoms with Crippen molar-refractivity contribution in [2.75, 3.05) is 0 Å². The average molecular weight is 321 g/mol. The van der Waals surface area contributed by atoms with E-state index in [1.807, 2.05) is 38.1 Å². The Balaban J connectivity index is 2.48. The molecule has 1 aromatic heterocycles. The van der Waals surface area contributed by atoms with Crippen molar-refractivity contribution in [3.05, 3.63) is 46.1 Å². The molecule has 0 aliphatic rings. The second-order valence-corrected chi connectivity index (χ2v) is 5.98. The Morgan fingerprint density at radius 2 is 1.86 bits per heavy atom. The number of aromatic nitrogens is 2. The van der Waals surface area contributed by atoms with Crippen LogP contribution >= 0.6 is 23.4 Å². The van der Waals surface area contributed by atoms with Crippen molar-refractivity contribution in [1.29, 1.82) is 5.41 Å². The van der Waals surface area contributed by atoms with E-state index in [0.717, 1.165) is 29.0 Å². The van der Waals surface area contributed by atoms with Crippen LogP contribution in [0.4, 0.5) is 0 Å². The number of nitrogens with one attached hydrogen (secondary N) is 1. The Morgan fingerprint density at radius 1 is 1.19 bits per heavy atom. The number of halogens is 1. The fraction of sp³-hybridized carbons (Fsp3) is 0.267. The van der Waals surface area contributed by atoms with Crippen molar-refractivity contribution in [3.8, 4) is 0 Å². The predicted molar refractivity (Wildman–Crippen MR) is 87.4 cm³/mol. The van der Waals surface area contributed by atoms with E-state index < -0.39 is 0 Å². The topological polar surface area (TPSA) is 75.7 Å². The van der Waals surface area contributed by atoms with Crippen LogP contribution in [0.5, 0.6) is 0 Å². The summed E-state index contributed by atoms with van der Waals surface area (Å²) in [6.07, 6.45) is 1.56. The summed E-state index contributed by atoms with van der Waals surface area (Å²) in [7, 11) is 0. The molecule has 110 valence electrons. The summed E-state index contributed by atoms with van der Waals surface area (Å²) in [5.41, 5.74) is 8.39. The summed E-state index contributed by atoms with van der Waals surface area (Å²) in [6, 6.07) is 7.48. The van der Waals surface area contributed by atoms with Crippen LogP contribution < -0.4 is 5.73 Å². The first-order chi connectivity index (χ1) is 10.1. The molecule has 0 amide bonds. The molecule has 2 rings (SSSR count). The number of nitrogens with two attached hydrogens (primary N) is 1. The standard InChI is InChI=1S/C15H17ClN4S/c1-3-11-12(4-2)19-20-15(13(11)14(17)18)21-10-7-5-9(16)6-8-10/h5-8H,3-4H2,1-2H3,(H3,17,18). The number of benzene rings is 1. The Bertz CT molecular complexity index is 655. The summed E-state index contributed by atoms with van der Waals surface area (Å²) in [4.78, 5) is 0.988. The van der Waals surface area contributed by atoms with Crippen LogP contribution in [0.3, 0.4) is 0 Å². The Labute approximate surface area is 133 Å². The minimum Gasteiger partial charge on any atom is -0.384 e. The molecule has 0 spiro atoms. The second kappa shape index (κ2) is 6.91. The van der Waals surface area contributed by atoms with Crippen molar-refractivity contribution in [3.63, 3.8) is 0 Å². The number of rotatable bonds is 5. The number of hydrogen-bond acceptors (Lipinski definition) is 4. The molecular weight excluding hydrogens is 304 g/mol. The number of aryl methyl sites for hydroxylation is 1. The van der Waals surface area contributed by atoms with Gasteiger partial charge in [0.1, 0.15) is 10.9 Å². The van der Waals surface area contributed by atoms with Crippen molar-refractivity contribution < 1.29 is 0 Å². The van der Waals surface area contributed by atoms with Crippen LogP contribution in [-0.2, 0) is 12.8 Å². The largest absolute Gasteiger partial charge is 0.384 e. The summed E-state index contributed by atoms with van der Waals surface area (Å²) in [5.74, 6) is 0.0351. The van der Waals surface area contributed by atoms with Gasteiger partial charge in [-0.3, -0.25) is 5.41 Å². The number of nitrogen functional groups attached to an aromatic ring is 1. The van der Waals surface area contributed by atoms with Crippen LogP contribution in [0.1, 0.15) is 30.7 Å². The molecule has 3 N–H and O–H groups in total. The lowest BCUT2D eigenvalue weighted by Crippen LogP contribution is -2.18. The smallest absolute Gasteiger partial charge is 0.135 e. The maximum absolute atomic E-state index is 7.87. The molecule has 4 nitrogen and oxygen atoms in total. The molecule has 0 saturated heterocycles. The van der Waals surface area contributed by atoms with E-state index in [1.54, 1.807) is 0 Å². The first kappa shape index (κ1) is 15.8. The first-order valence-electron chi connectivity index (χ1n) is 6.73. The zero-order chi connectivity index (χ0) is 15.4. The van der Waals surface area contributed by atoms with Crippen LogP contribution in [0.25, 0.3) is 0 Å². The van der Waals surface area contributed by atoms with Crippen LogP contribution in [0, 0.1) is 5.41 Å². The first-order valence-corrected chi connectivity index (χ1v) is 7.92. The van der Waals surface area contributed by atoms with Crippen LogP contribution in [-0.4, -0.2) is 16.0 Å². The lowest BCUT2D eigenvalue weighted by molar-refractivity contribution is 0.819. The Morgan fingerprint density at radius 3 is 2.38 bits per heavy atom. The molecule has 6 heteroatoms. The van der Waals surface area contributed by atoms with Gasteiger partial charge in [-0.25, -0.2) is 0 Å². The van der Waals surface area contributed by atoms with E-state index in [-0.39, 0.29) is 5.84 Å². The molecule has 0 bridgehead atoms. The molecule has 0 aliphatic heterocycles. The average Bonchev–Trinajstić information content (AvgIpc) is 2.48. The van der Waals surface area contributed by atoms with Crippen molar-refractivity contribution >= 4 is 29.2 Å². The van der Waals surface area contributed by atoms with E-state index in [1.165, 1.54) is 11.8 Å². The second-order valence-electron chi connectivity index (χ2n) is 4.48. The Hall–Kier alpha value is -1.59. The van der Waals surface area contributed by atoms with Gasteiger partial charge in [0.25, 0.3) is 0 Å². The zero-order valence-corrected chi connectivity index (χ0v) is 13.6. The lowest BCUT2D eigenvalue weighted by Gasteiger charge is -2.13. The molecule has 21 heavy (non-hydrogen) atoms. The highest BCUT2D eigenvalue weighted by Gasteiger charge is 2.17. The molecule has 0 unspecified atom stereocenters. The maximum Gasteiger partial charge on any atom is 0.135 e. The fourth-order valence-electron chi connectivity index (χ4n) is 2.12. The van der Waals surface area contributed by atoms with Gasteiger partial charge in [0, 0.05) is 9.92 Å². The monoisotopic (exact) mass is 320 g/mol. The normalized spacial score (nSPS) is 10.6. The number of hydrogen-bond donors (Lipinski definition) is 2. The molecule has 0 radical (unpaired) electrons. The fourth-order valence-corrected chi connectivity index (χ4v) is 3.16. The summed E-state index contributed by atoms with van der Waals surface area (Å²) in [6.45, 7) is 4.07. The molecule has 1 aromatic carbocycles. The van der Waals surface area contributed by atoms with E-state index in [0.29, 0.717) is 15.6 Å². The molecule has 0 aliphatic carbocycles. The highest BCUT2D eigenvalue weighted by Crippen LogP contribution is 2.31. The highest BCUT2D eigenvalue weighted by molar-refractivity contribution is 7.99. The molecule has 0 atom stereocenters. The third-order valence-corrected chi connectivity index (χ3v) is 4.35. The van der Waals surface area contributed by atoms with E-state index in [9.17, 15) is 0 Å². The zero-order valence-electron chi connectivity index (χ0n) is 12.0. The summed E-state index contributed by atoms with van der Waals surface area (Å²) < 4.78 is 0. The van der Waals surface area contributed by atoms with Gasteiger partial charge < -0.3 is 5.73 Å². The molecule has 2 aromatic rings. The van der Waals surface area contributed by atoms with Gasteiger partial charge in [0.15, 0.2) is 0 Å². The van der Waals surface area contributed by atoms with Gasteiger partial charge >= 0.3 is 0 Å². The summed E-state index contributed by atoms with van der Waals surface area (Å²) >= 11 is 7.34. The van der Waals surface area contributed by atoms with Crippen molar-refractivity contribution in [2.24, 2.45) is 5.73 Å². The van der Waals surface area contributed by atoms with Crippen molar-refractivity contribution in [2.45, 2.75) is 36.6 Å². The minimum absolute atomic E-state index is 0.0351. The van der Waals surface area contributed by atoms with Crippen molar-refractivity contribution in [1.82, 2.24) is 10.2 Å². The summed E-state index contributed by atoms with van der Waals surface area (Å²) in [5, 5.41) is 17.8. The molecule has 1 heterocycles. The highest BCUT2D eigenvalue weighted by atomic mass is 35.5. The van der Waals surface area contributed by atoms with Crippen LogP contribution in [0.15, 0.2) is 34.2 Å². The van der Waals surface area contributed by atoms with Crippen LogP contribution in [0.2, 0.25) is 5.02 Å². The van der Waals surface area contributed by atoms with E-state index in [4.69, 9.17) is 22.7 Å². The van der Waals surface area contributed by atoms with Gasteiger partial charge in [0.2, 0.25) is 0 Å². The molecule has 0 saturated carbocycles. The van der Waals surface area contributed by atoms with Gasteiger partial charge in [-0.05, 0) is 42.7 Å².